The minimum Gasteiger partial charge on any atom is -0.264 e. The molecule has 7 heavy (non-hydrogen) atoms. The summed E-state index contributed by atoms with van der Waals surface area (Å²) in [6.07, 6.45) is 0. The number of alkyl halides is 3. The molecule has 0 rings (SSSR count). The minimum atomic E-state index is -5.36. The Morgan fingerprint density at radius 1 is 1.00 bits per heavy atom. The summed E-state index contributed by atoms with van der Waals surface area (Å²) in [5, 5.41) is 0. The van der Waals surface area contributed by atoms with E-state index in [0.717, 1.165) is 0 Å². The fourth-order valence-electron chi connectivity index (χ4n) is 0. The zero-order chi connectivity index (χ0) is 6.08. The van der Waals surface area contributed by atoms with Crippen molar-refractivity contribution < 1.29 is 21.4 Å². The second kappa shape index (κ2) is 1.77. The van der Waals surface area contributed by atoms with E-state index in [1.165, 1.54) is 0 Å². The van der Waals surface area contributed by atoms with E-state index in [4.69, 9.17) is 0 Å². The fraction of sp³-hybridized carbons (Fsp3) is 1.00. The molecular weight excluding hydrogens is 135 g/mol. The minimum absolute atomic E-state index is 5.19. The average Bonchev–Trinajstić information content (AvgIpc) is 1.31. The molecule has 0 aromatic rings. The molecule has 44 valence electrons. The number of rotatable bonds is 0. The van der Waals surface area contributed by atoms with Gasteiger partial charge in [-0.3, -0.25) is 8.22 Å². The molecule has 6 heteroatoms. The predicted molar refractivity (Wildman–Crippen MR) is 15.4 cm³/mol. The lowest BCUT2D eigenvalue weighted by Crippen LogP contribution is -2.24. The van der Waals surface area contributed by atoms with Gasteiger partial charge in [-0.05, 0) is 0 Å². The third-order valence-electron chi connectivity index (χ3n) is 0.247. The Morgan fingerprint density at radius 3 is 1.14 bits per heavy atom. The van der Waals surface area contributed by atoms with Crippen LogP contribution >= 0.6 is 0 Å². The van der Waals surface area contributed by atoms with Gasteiger partial charge in [0.2, 0.25) is 0 Å². The molecule has 0 radical (unpaired) electrons. The standard InChI is InChI=1S/CHF5Si/c2-1(3,4)7(5)6/h7H. The molecule has 0 aliphatic carbocycles. The Bertz CT molecular complexity index is 53.6. The van der Waals surface area contributed by atoms with E-state index in [1.807, 2.05) is 0 Å². The Kier molecular flexibility index (Phi) is 1.73. The SMILES string of the molecule is F[SiH](F)C(F)(F)F. The van der Waals surface area contributed by atoms with Crippen LogP contribution in [0.2, 0.25) is 0 Å². The van der Waals surface area contributed by atoms with Gasteiger partial charge in [0.1, 0.15) is 0 Å². The van der Waals surface area contributed by atoms with Crippen molar-refractivity contribution in [3.05, 3.63) is 0 Å². The van der Waals surface area contributed by atoms with E-state index in [9.17, 15) is 21.4 Å². The first-order valence-electron chi connectivity index (χ1n) is 1.29. The van der Waals surface area contributed by atoms with Gasteiger partial charge < -0.3 is 0 Å². The Hall–Kier alpha value is -0.133. The Balaban J connectivity index is 3.54. The van der Waals surface area contributed by atoms with Gasteiger partial charge in [-0.15, -0.1) is 0 Å². The van der Waals surface area contributed by atoms with Gasteiger partial charge >= 0.3 is 15.3 Å². The molecular formula is CHF5Si. The number of hydrogen-bond acceptors (Lipinski definition) is 0. The van der Waals surface area contributed by atoms with Crippen molar-refractivity contribution >= 4 is 9.46 Å². The second-order valence-corrected chi connectivity index (χ2v) is 2.10. The monoisotopic (exact) mass is 136 g/mol. The quantitative estimate of drug-likeness (QED) is 0.267. The molecule has 0 aromatic heterocycles. The Labute approximate surface area is 37.9 Å². The molecule has 0 saturated heterocycles. The van der Waals surface area contributed by atoms with E-state index in [0.29, 0.717) is 0 Å². The van der Waals surface area contributed by atoms with Crippen molar-refractivity contribution in [3.63, 3.8) is 0 Å². The van der Waals surface area contributed by atoms with Crippen molar-refractivity contribution in [2.24, 2.45) is 0 Å². The maximum absolute atomic E-state index is 10.6. The summed E-state index contributed by atoms with van der Waals surface area (Å²) < 4.78 is 52.6. The summed E-state index contributed by atoms with van der Waals surface area (Å²) in [6.45, 7) is 0. The van der Waals surface area contributed by atoms with Crippen LogP contribution in [0, 0.1) is 0 Å². The van der Waals surface area contributed by atoms with Gasteiger partial charge in [0.05, 0.1) is 0 Å². The maximum atomic E-state index is 10.6. The van der Waals surface area contributed by atoms with Gasteiger partial charge in [0.25, 0.3) is 0 Å². The summed E-state index contributed by atoms with van der Waals surface area (Å²) in [5.41, 5.74) is 0. The highest BCUT2D eigenvalue weighted by atomic mass is 28.4. The molecule has 0 amide bonds. The lowest BCUT2D eigenvalue weighted by Gasteiger charge is -1.98. The summed E-state index contributed by atoms with van der Waals surface area (Å²) in [4.78, 5) is 0. The molecule has 0 unspecified atom stereocenters. The third-order valence-corrected chi connectivity index (χ3v) is 0.742. The summed E-state index contributed by atoms with van der Waals surface area (Å²) in [6, 6.07) is 0. The molecule has 0 fully saturated rings. The van der Waals surface area contributed by atoms with Crippen LogP contribution in [0.4, 0.5) is 21.4 Å². The van der Waals surface area contributed by atoms with Crippen LogP contribution in [-0.2, 0) is 0 Å². The largest absolute Gasteiger partial charge is 0.521 e. The molecule has 0 atom stereocenters. The molecule has 0 aromatic carbocycles. The molecule has 0 bridgehead atoms. The Morgan fingerprint density at radius 2 is 1.14 bits per heavy atom. The highest BCUT2D eigenvalue weighted by Gasteiger charge is 2.43. The lowest BCUT2D eigenvalue weighted by atomic mass is 11.5. The van der Waals surface area contributed by atoms with Gasteiger partial charge in [-0.2, -0.15) is 13.2 Å². The topological polar surface area (TPSA) is 0 Å². The molecule has 0 nitrogen and oxygen atoms in total. The molecule has 0 spiro atoms. The van der Waals surface area contributed by atoms with E-state index in [2.05, 4.69) is 0 Å². The molecule has 0 saturated carbocycles. The predicted octanol–water partition coefficient (Wildman–Crippen LogP) is 1.25. The van der Waals surface area contributed by atoms with Gasteiger partial charge in [0.15, 0.2) is 0 Å². The second-order valence-electron chi connectivity index (χ2n) is 0.842. The van der Waals surface area contributed by atoms with Crippen LogP contribution in [0.15, 0.2) is 0 Å². The highest BCUT2D eigenvalue weighted by molar-refractivity contribution is 6.45. The first kappa shape index (κ1) is 6.87. The van der Waals surface area contributed by atoms with E-state index < -0.39 is 15.3 Å². The van der Waals surface area contributed by atoms with Crippen molar-refractivity contribution in [1.82, 2.24) is 0 Å². The lowest BCUT2D eigenvalue weighted by molar-refractivity contribution is -0.0651. The maximum Gasteiger partial charge on any atom is 0.521 e. The zero-order valence-electron chi connectivity index (χ0n) is 2.97. The van der Waals surface area contributed by atoms with E-state index in [-0.39, 0.29) is 0 Å². The average molecular weight is 136 g/mol. The van der Waals surface area contributed by atoms with E-state index in [1.54, 1.807) is 0 Å². The van der Waals surface area contributed by atoms with Crippen LogP contribution in [0.3, 0.4) is 0 Å². The number of hydrogen-bond donors (Lipinski definition) is 0. The van der Waals surface area contributed by atoms with Gasteiger partial charge in [-0.1, -0.05) is 0 Å². The van der Waals surface area contributed by atoms with Crippen LogP contribution < -0.4 is 0 Å². The highest BCUT2D eigenvalue weighted by Crippen LogP contribution is 2.19. The van der Waals surface area contributed by atoms with Crippen molar-refractivity contribution in [2.75, 3.05) is 0 Å². The van der Waals surface area contributed by atoms with Crippen LogP contribution in [0.1, 0.15) is 0 Å². The van der Waals surface area contributed by atoms with Crippen molar-refractivity contribution in [1.29, 1.82) is 0 Å². The van der Waals surface area contributed by atoms with Crippen molar-refractivity contribution in [3.8, 4) is 0 Å². The summed E-state index contributed by atoms with van der Waals surface area (Å²) in [5.74, 6) is -5.19. The molecule has 0 heterocycles. The van der Waals surface area contributed by atoms with Crippen LogP contribution in [-0.4, -0.2) is 15.3 Å². The zero-order valence-corrected chi connectivity index (χ0v) is 4.12. The molecule has 0 aliphatic heterocycles. The summed E-state index contributed by atoms with van der Waals surface area (Å²) in [7, 11) is -5.36. The van der Waals surface area contributed by atoms with Crippen LogP contribution in [0.25, 0.3) is 0 Å². The van der Waals surface area contributed by atoms with Crippen molar-refractivity contribution in [2.45, 2.75) is 5.80 Å². The molecule has 0 N–H and O–H groups in total. The third kappa shape index (κ3) is 2.55. The first-order valence-corrected chi connectivity index (χ1v) is 2.74. The normalized spacial score (nSPS) is 12.9. The van der Waals surface area contributed by atoms with Crippen LogP contribution in [0.5, 0.6) is 0 Å². The van der Waals surface area contributed by atoms with E-state index >= 15 is 0 Å². The molecule has 0 aliphatic rings. The summed E-state index contributed by atoms with van der Waals surface area (Å²) >= 11 is 0. The first-order chi connectivity index (χ1) is 2.94. The van der Waals surface area contributed by atoms with Gasteiger partial charge in [0, 0.05) is 0 Å². The fourth-order valence-corrected chi connectivity index (χ4v) is 0. The van der Waals surface area contributed by atoms with Gasteiger partial charge in [-0.25, -0.2) is 0 Å². The smallest absolute Gasteiger partial charge is 0.264 e. The number of halogens is 5.